The minimum Gasteiger partial charge on any atom is -0.390 e. The Bertz CT molecular complexity index is 299. The van der Waals surface area contributed by atoms with Gasteiger partial charge < -0.3 is 19.3 Å². The third-order valence-corrected chi connectivity index (χ3v) is 4.44. The molecule has 4 heteroatoms. The van der Waals surface area contributed by atoms with Crippen LogP contribution in [0.4, 0.5) is 0 Å². The van der Waals surface area contributed by atoms with Crippen molar-refractivity contribution < 1.29 is 19.3 Å². The van der Waals surface area contributed by atoms with Crippen molar-refractivity contribution in [3.63, 3.8) is 0 Å². The summed E-state index contributed by atoms with van der Waals surface area (Å²) in [5.41, 5.74) is 0. The van der Waals surface area contributed by atoms with Gasteiger partial charge in [-0.15, -0.1) is 0 Å². The SMILES string of the molecule is O[C@H]1C[C@H]2OC3(CCCCC3)O[C@H]2[C@@H]2O[C@@H]21. The summed E-state index contributed by atoms with van der Waals surface area (Å²) in [5.74, 6) is -0.339. The molecule has 0 aromatic carbocycles. The quantitative estimate of drug-likeness (QED) is 0.625. The van der Waals surface area contributed by atoms with E-state index in [2.05, 4.69) is 0 Å². The number of hydrogen-bond donors (Lipinski definition) is 1. The molecule has 4 aliphatic rings. The fourth-order valence-corrected chi connectivity index (χ4v) is 3.56. The molecule has 0 radical (unpaired) electrons. The summed E-state index contributed by atoms with van der Waals surface area (Å²) in [6.45, 7) is 0. The molecule has 0 aromatic heterocycles. The van der Waals surface area contributed by atoms with Crippen molar-refractivity contribution >= 4 is 0 Å². The predicted octanol–water partition coefficient (Wildman–Crippen LogP) is 0.963. The van der Waals surface area contributed by atoms with Crippen LogP contribution in [0.2, 0.25) is 0 Å². The van der Waals surface area contributed by atoms with Crippen LogP contribution >= 0.6 is 0 Å². The van der Waals surface area contributed by atoms with Crippen LogP contribution in [0.25, 0.3) is 0 Å². The second-order valence-corrected chi connectivity index (χ2v) is 5.58. The average molecular weight is 226 g/mol. The van der Waals surface area contributed by atoms with Crippen LogP contribution in [0.1, 0.15) is 38.5 Å². The second kappa shape index (κ2) is 3.19. The molecule has 4 nitrogen and oxygen atoms in total. The van der Waals surface area contributed by atoms with Crippen molar-refractivity contribution in [1.29, 1.82) is 0 Å². The number of epoxide rings is 1. The molecule has 0 unspecified atom stereocenters. The molecule has 1 spiro atoms. The van der Waals surface area contributed by atoms with Gasteiger partial charge in [0.2, 0.25) is 0 Å². The van der Waals surface area contributed by atoms with E-state index in [1.165, 1.54) is 19.3 Å². The smallest absolute Gasteiger partial charge is 0.169 e. The maximum absolute atomic E-state index is 9.79. The summed E-state index contributed by atoms with van der Waals surface area (Å²) in [6, 6.07) is 0. The van der Waals surface area contributed by atoms with Gasteiger partial charge in [0.05, 0.1) is 12.2 Å². The van der Waals surface area contributed by atoms with Gasteiger partial charge in [-0.05, 0) is 12.8 Å². The first-order chi connectivity index (χ1) is 7.77. The van der Waals surface area contributed by atoms with E-state index in [1.807, 2.05) is 0 Å². The summed E-state index contributed by atoms with van der Waals surface area (Å²) in [5, 5.41) is 9.79. The average Bonchev–Trinajstić information content (AvgIpc) is 3.00. The minimum absolute atomic E-state index is 0.0172. The molecule has 4 fully saturated rings. The number of hydrogen-bond acceptors (Lipinski definition) is 4. The first-order valence-corrected chi connectivity index (χ1v) is 6.47. The molecule has 90 valence electrons. The van der Waals surface area contributed by atoms with E-state index in [4.69, 9.17) is 14.2 Å². The predicted molar refractivity (Wildman–Crippen MR) is 54.8 cm³/mol. The van der Waals surface area contributed by atoms with Gasteiger partial charge >= 0.3 is 0 Å². The monoisotopic (exact) mass is 226 g/mol. The molecule has 2 heterocycles. The second-order valence-electron chi connectivity index (χ2n) is 5.58. The molecule has 5 atom stereocenters. The lowest BCUT2D eigenvalue weighted by molar-refractivity contribution is -0.195. The molecule has 2 aliphatic carbocycles. The molecular formula is C12H18O4. The van der Waals surface area contributed by atoms with Gasteiger partial charge in [-0.25, -0.2) is 0 Å². The normalized spacial score (nSPS) is 53.4. The zero-order valence-corrected chi connectivity index (χ0v) is 9.30. The van der Waals surface area contributed by atoms with E-state index in [1.54, 1.807) is 0 Å². The molecule has 2 aliphatic heterocycles. The fraction of sp³-hybridized carbons (Fsp3) is 1.00. The van der Waals surface area contributed by atoms with Crippen LogP contribution in [-0.4, -0.2) is 41.4 Å². The lowest BCUT2D eigenvalue weighted by Gasteiger charge is -2.31. The summed E-state index contributed by atoms with van der Waals surface area (Å²) < 4.78 is 17.7. The van der Waals surface area contributed by atoms with Crippen molar-refractivity contribution in [2.24, 2.45) is 0 Å². The van der Waals surface area contributed by atoms with Crippen LogP contribution in [0.5, 0.6) is 0 Å². The largest absolute Gasteiger partial charge is 0.390 e. The van der Waals surface area contributed by atoms with Crippen LogP contribution in [0.3, 0.4) is 0 Å². The first-order valence-electron chi connectivity index (χ1n) is 6.47. The highest BCUT2D eigenvalue weighted by molar-refractivity contribution is 5.08. The standard InChI is InChI=1S/C12H18O4/c13-7-6-8-10(11-9(7)14-11)16-12(15-8)4-2-1-3-5-12/h7-11,13H,1-6H2/t7-,8+,9+,10+,11+/m0/s1. The lowest BCUT2D eigenvalue weighted by atomic mass is 9.93. The number of rotatable bonds is 0. The van der Waals surface area contributed by atoms with Gasteiger partial charge in [-0.1, -0.05) is 6.42 Å². The maximum Gasteiger partial charge on any atom is 0.169 e. The molecule has 2 saturated heterocycles. The Morgan fingerprint density at radius 1 is 0.938 bits per heavy atom. The third kappa shape index (κ3) is 1.30. The number of fused-ring (bicyclic) bond motifs is 3. The molecule has 2 saturated carbocycles. The highest BCUT2D eigenvalue weighted by Gasteiger charge is 2.63. The minimum atomic E-state index is -0.353. The number of aliphatic hydroxyl groups is 1. The van der Waals surface area contributed by atoms with Crippen molar-refractivity contribution in [3.05, 3.63) is 0 Å². The highest BCUT2D eigenvalue weighted by atomic mass is 16.8. The number of aliphatic hydroxyl groups excluding tert-OH is 1. The Balaban J connectivity index is 1.55. The van der Waals surface area contributed by atoms with E-state index < -0.39 is 0 Å². The van der Waals surface area contributed by atoms with E-state index in [0.29, 0.717) is 6.42 Å². The van der Waals surface area contributed by atoms with E-state index >= 15 is 0 Å². The van der Waals surface area contributed by atoms with Gasteiger partial charge in [0.25, 0.3) is 0 Å². The van der Waals surface area contributed by atoms with Crippen molar-refractivity contribution in [2.45, 2.75) is 74.8 Å². The Morgan fingerprint density at radius 2 is 1.75 bits per heavy atom. The molecule has 4 rings (SSSR count). The van der Waals surface area contributed by atoms with E-state index in [-0.39, 0.29) is 36.3 Å². The van der Waals surface area contributed by atoms with Gasteiger partial charge in [-0.3, -0.25) is 0 Å². The summed E-state index contributed by atoms with van der Waals surface area (Å²) in [6.07, 6.45) is 6.24. The fourth-order valence-electron chi connectivity index (χ4n) is 3.56. The van der Waals surface area contributed by atoms with Gasteiger partial charge in [0.15, 0.2) is 5.79 Å². The molecule has 16 heavy (non-hydrogen) atoms. The maximum atomic E-state index is 9.79. The zero-order valence-electron chi connectivity index (χ0n) is 9.30. The highest BCUT2D eigenvalue weighted by Crippen LogP contribution is 2.49. The molecule has 0 bridgehead atoms. The van der Waals surface area contributed by atoms with Crippen molar-refractivity contribution in [3.8, 4) is 0 Å². The third-order valence-electron chi connectivity index (χ3n) is 4.44. The van der Waals surface area contributed by atoms with Crippen LogP contribution < -0.4 is 0 Å². The Morgan fingerprint density at radius 3 is 2.56 bits per heavy atom. The molecule has 0 aromatic rings. The first kappa shape index (κ1) is 9.83. The van der Waals surface area contributed by atoms with Crippen LogP contribution in [0, 0.1) is 0 Å². The van der Waals surface area contributed by atoms with Crippen LogP contribution in [0.15, 0.2) is 0 Å². The van der Waals surface area contributed by atoms with E-state index in [9.17, 15) is 5.11 Å². The zero-order chi connectivity index (χ0) is 10.8. The Hall–Kier alpha value is -0.160. The number of ether oxygens (including phenoxy) is 3. The Labute approximate surface area is 94.9 Å². The van der Waals surface area contributed by atoms with Gasteiger partial charge in [0, 0.05) is 19.3 Å². The van der Waals surface area contributed by atoms with Crippen LogP contribution in [-0.2, 0) is 14.2 Å². The van der Waals surface area contributed by atoms with Crippen molar-refractivity contribution in [2.75, 3.05) is 0 Å². The summed E-state index contributed by atoms with van der Waals surface area (Å²) in [7, 11) is 0. The molecule has 0 amide bonds. The van der Waals surface area contributed by atoms with E-state index in [0.717, 1.165) is 12.8 Å². The van der Waals surface area contributed by atoms with Gasteiger partial charge in [0.1, 0.15) is 18.3 Å². The molecule has 1 N–H and O–H groups in total. The van der Waals surface area contributed by atoms with Gasteiger partial charge in [-0.2, -0.15) is 0 Å². The van der Waals surface area contributed by atoms with Crippen molar-refractivity contribution in [1.82, 2.24) is 0 Å². The topological polar surface area (TPSA) is 51.2 Å². The summed E-state index contributed by atoms with van der Waals surface area (Å²) in [4.78, 5) is 0. The lowest BCUT2D eigenvalue weighted by Crippen LogP contribution is -2.40. The summed E-state index contributed by atoms with van der Waals surface area (Å²) >= 11 is 0. The Kier molecular flexibility index (Phi) is 1.96. The molecular weight excluding hydrogens is 208 g/mol.